The summed E-state index contributed by atoms with van der Waals surface area (Å²) in [6, 6.07) is 3.89. The van der Waals surface area contributed by atoms with Crippen molar-refractivity contribution in [2.75, 3.05) is 5.73 Å². The molecule has 0 saturated heterocycles. The predicted molar refractivity (Wildman–Crippen MR) is 62.4 cm³/mol. The average Bonchev–Trinajstić information content (AvgIpc) is 2.70. The molecule has 1 aromatic carbocycles. The van der Waals surface area contributed by atoms with Gasteiger partial charge in [-0.05, 0) is 23.8 Å². The second-order valence-electron chi connectivity index (χ2n) is 3.53. The summed E-state index contributed by atoms with van der Waals surface area (Å²) in [5.74, 6) is -0.497. The number of anilines is 1. The summed E-state index contributed by atoms with van der Waals surface area (Å²) < 4.78 is 13.0. The number of hydrogen-bond donors (Lipinski definition) is 2. The fraction of sp³-hybridized carbons (Fsp3) is 0.0909. The fourth-order valence-corrected chi connectivity index (χ4v) is 1.65. The lowest BCUT2D eigenvalue weighted by molar-refractivity contribution is 0.0994. The van der Waals surface area contributed by atoms with Crippen molar-refractivity contribution in [2.24, 2.45) is 0 Å². The first kappa shape index (κ1) is 11.6. The first-order valence-electron chi connectivity index (χ1n) is 4.84. The maximum atomic E-state index is 13.0. The smallest absolute Gasteiger partial charge is 0.172 e. The largest absolute Gasteiger partial charge is 0.383 e. The zero-order valence-electron chi connectivity index (χ0n) is 8.71. The molecule has 2 rings (SSSR count). The van der Waals surface area contributed by atoms with Crippen molar-refractivity contribution >= 4 is 23.2 Å². The van der Waals surface area contributed by atoms with E-state index >= 15 is 0 Å². The summed E-state index contributed by atoms with van der Waals surface area (Å²) >= 11 is 5.87. The minimum Gasteiger partial charge on any atom is -0.383 e. The lowest BCUT2D eigenvalue weighted by Gasteiger charge is -2.03. The van der Waals surface area contributed by atoms with E-state index < -0.39 is 5.82 Å². The second-order valence-corrected chi connectivity index (χ2v) is 3.94. The lowest BCUT2D eigenvalue weighted by Crippen LogP contribution is -2.06. The number of rotatable bonds is 3. The number of carbonyl (C=O) groups excluding carboxylic acids is 1. The van der Waals surface area contributed by atoms with Crippen molar-refractivity contribution in [3.63, 3.8) is 0 Å². The van der Waals surface area contributed by atoms with Gasteiger partial charge in [-0.25, -0.2) is 4.39 Å². The van der Waals surface area contributed by atoms with Gasteiger partial charge in [0.1, 0.15) is 11.6 Å². The minimum atomic E-state index is -0.433. The molecule has 0 unspecified atom stereocenters. The van der Waals surface area contributed by atoms with E-state index in [0.717, 1.165) is 0 Å². The number of carbonyl (C=O) groups is 1. The van der Waals surface area contributed by atoms with Crippen LogP contribution in [0.15, 0.2) is 24.4 Å². The van der Waals surface area contributed by atoms with Crippen molar-refractivity contribution in [1.29, 1.82) is 0 Å². The van der Waals surface area contributed by atoms with Gasteiger partial charge in [-0.1, -0.05) is 11.6 Å². The van der Waals surface area contributed by atoms with Crippen LogP contribution in [0.5, 0.6) is 0 Å². The molecule has 6 heteroatoms. The molecule has 0 saturated carbocycles. The van der Waals surface area contributed by atoms with Crippen LogP contribution in [-0.2, 0) is 6.42 Å². The van der Waals surface area contributed by atoms with Gasteiger partial charge in [-0.2, -0.15) is 5.10 Å². The normalized spacial score (nSPS) is 10.5. The van der Waals surface area contributed by atoms with Crippen LogP contribution in [0.4, 0.5) is 10.2 Å². The number of nitrogens with zero attached hydrogens (tertiary/aromatic N) is 1. The Kier molecular flexibility index (Phi) is 3.10. The lowest BCUT2D eigenvalue weighted by atomic mass is 10.0. The second kappa shape index (κ2) is 4.55. The zero-order valence-corrected chi connectivity index (χ0v) is 9.46. The summed E-state index contributed by atoms with van der Waals surface area (Å²) in [7, 11) is 0. The Hall–Kier alpha value is -1.88. The van der Waals surface area contributed by atoms with Gasteiger partial charge in [0.25, 0.3) is 0 Å². The maximum Gasteiger partial charge on any atom is 0.172 e. The molecule has 88 valence electrons. The maximum absolute atomic E-state index is 13.0. The molecule has 0 bridgehead atoms. The summed E-state index contributed by atoms with van der Waals surface area (Å²) in [5.41, 5.74) is 6.23. The first-order valence-corrected chi connectivity index (χ1v) is 5.21. The molecular formula is C11H9ClFN3O. The number of halogens is 2. The Balaban J connectivity index is 2.24. The van der Waals surface area contributed by atoms with E-state index in [1.165, 1.54) is 24.4 Å². The number of H-pyrrole nitrogens is 1. The van der Waals surface area contributed by atoms with Crippen LogP contribution in [0.1, 0.15) is 15.9 Å². The topological polar surface area (TPSA) is 71.8 Å². The molecule has 17 heavy (non-hydrogen) atoms. The number of aromatic amines is 1. The third-order valence-corrected chi connectivity index (χ3v) is 2.70. The van der Waals surface area contributed by atoms with E-state index in [1.54, 1.807) is 0 Å². The molecule has 0 spiro atoms. The molecule has 4 nitrogen and oxygen atoms in total. The first-order chi connectivity index (χ1) is 8.08. The molecule has 0 radical (unpaired) electrons. The minimum absolute atomic E-state index is 0.0136. The highest BCUT2D eigenvalue weighted by atomic mass is 35.5. The van der Waals surface area contributed by atoms with Crippen molar-refractivity contribution in [3.05, 3.63) is 46.4 Å². The highest BCUT2D eigenvalue weighted by Crippen LogP contribution is 2.20. The summed E-state index contributed by atoms with van der Waals surface area (Å²) in [5, 5.41) is 6.46. The Bertz CT molecular complexity index is 568. The van der Waals surface area contributed by atoms with Crippen LogP contribution >= 0.6 is 11.6 Å². The number of hydrogen-bond acceptors (Lipinski definition) is 3. The standard InChI is InChI=1S/C11H9ClFN3O/c12-9-2-1-7(13)3-6(9)4-10(17)8-5-15-16-11(8)14/h1-3,5H,4H2,(H3,14,15,16). The van der Waals surface area contributed by atoms with Crippen molar-refractivity contribution in [1.82, 2.24) is 10.2 Å². The van der Waals surface area contributed by atoms with E-state index in [4.69, 9.17) is 17.3 Å². The predicted octanol–water partition coefficient (Wildman–Crippen LogP) is 2.21. The van der Waals surface area contributed by atoms with Crippen LogP contribution in [0.3, 0.4) is 0 Å². The molecular weight excluding hydrogens is 245 g/mol. The van der Waals surface area contributed by atoms with Gasteiger partial charge in [-0.15, -0.1) is 0 Å². The molecule has 0 atom stereocenters. The molecule has 1 aromatic heterocycles. The van der Waals surface area contributed by atoms with Gasteiger partial charge in [0.2, 0.25) is 0 Å². The zero-order chi connectivity index (χ0) is 12.4. The van der Waals surface area contributed by atoms with Gasteiger partial charge in [-0.3, -0.25) is 9.89 Å². The monoisotopic (exact) mass is 253 g/mol. The van der Waals surface area contributed by atoms with Crippen LogP contribution in [0, 0.1) is 5.82 Å². The van der Waals surface area contributed by atoms with E-state index in [0.29, 0.717) is 10.6 Å². The molecule has 0 amide bonds. The number of ketones is 1. The summed E-state index contributed by atoms with van der Waals surface area (Å²) in [6.07, 6.45) is 1.32. The van der Waals surface area contributed by atoms with Crippen LogP contribution in [0.25, 0.3) is 0 Å². The number of nitrogens with two attached hydrogens (primary N) is 1. The van der Waals surface area contributed by atoms with Gasteiger partial charge in [0.15, 0.2) is 5.78 Å². The third kappa shape index (κ3) is 2.45. The molecule has 0 aliphatic rings. The van der Waals surface area contributed by atoms with E-state index in [1.807, 2.05) is 0 Å². The molecule has 1 heterocycles. The van der Waals surface area contributed by atoms with Crippen molar-refractivity contribution in [3.8, 4) is 0 Å². The third-order valence-electron chi connectivity index (χ3n) is 2.33. The SMILES string of the molecule is Nc1[nH]ncc1C(=O)Cc1cc(F)ccc1Cl. The molecule has 0 aliphatic carbocycles. The molecule has 0 aliphatic heterocycles. The van der Waals surface area contributed by atoms with Gasteiger partial charge < -0.3 is 5.73 Å². The van der Waals surface area contributed by atoms with Crippen molar-refractivity contribution < 1.29 is 9.18 Å². The van der Waals surface area contributed by atoms with Crippen LogP contribution in [0.2, 0.25) is 5.02 Å². The summed E-state index contributed by atoms with van der Waals surface area (Å²) in [4.78, 5) is 11.8. The average molecular weight is 254 g/mol. The number of nitrogen functional groups attached to an aromatic ring is 1. The van der Waals surface area contributed by atoms with E-state index in [2.05, 4.69) is 10.2 Å². The van der Waals surface area contributed by atoms with Crippen LogP contribution in [-0.4, -0.2) is 16.0 Å². The number of Topliss-reactive ketones (excluding diaryl/α,β-unsaturated/α-hetero) is 1. The number of benzene rings is 1. The highest BCUT2D eigenvalue weighted by molar-refractivity contribution is 6.31. The van der Waals surface area contributed by atoms with Gasteiger partial charge >= 0.3 is 0 Å². The van der Waals surface area contributed by atoms with Crippen LogP contribution < -0.4 is 5.73 Å². The highest BCUT2D eigenvalue weighted by Gasteiger charge is 2.14. The van der Waals surface area contributed by atoms with Gasteiger partial charge in [0.05, 0.1) is 11.8 Å². The Morgan fingerprint density at radius 1 is 1.53 bits per heavy atom. The summed E-state index contributed by atoms with van der Waals surface area (Å²) in [6.45, 7) is 0. The Morgan fingerprint density at radius 2 is 2.29 bits per heavy atom. The van der Waals surface area contributed by atoms with Crippen molar-refractivity contribution in [2.45, 2.75) is 6.42 Å². The van der Waals surface area contributed by atoms with E-state index in [-0.39, 0.29) is 23.6 Å². The molecule has 3 N–H and O–H groups in total. The Morgan fingerprint density at radius 3 is 2.94 bits per heavy atom. The molecule has 0 fully saturated rings. The van der Waals surface area contributed by atoms with Gasteiger partial charge in [0, 0.05) is 11.4 Å². The quantitative estimate of drug-likeness (QED) is 0.824. The Labute approximate surface area is 102 Å². The molecule has 2 aromatic rings. The number of nitrogens with one attached hydrogen (secondary N) is 1. The fourth-order valence-electron chi connectivity index (χ4n) is 1.47. The van der Waals surface area contributed by atoms with E-state index in [9.17, 15) is 9.18 Å². The number of aromatic nitrogens is 2.